The van der Waals surface area contributed by atoms with Crippen LogP contribution in [0.25, 0.3) is 11.0 Å². The number of aromatic amines is 1. The summed E-state index contributed by atoms with van der Waals surface area (Å²) in [6.45, 7) is 1.95. The Balaban J connectivity index is 1.53. The Kier molecular flexibility index (Phi) is 3.54. The second kappa shape index (κ2) is 5.85. The highest BCUT2D eigenvalue weighted by Gasteiger charge is 2.27. The van der Waals surface area contributed by atoms with Crippen molar-refractivity contribution in [2.75, 3.05) is 29.9 Å². The van der Waals surface area contributed by atoms with Gasteiger partial charge in [0.2, 0.25) is 0 Å². The number of hydrogen-bond donors (Lipinski definition) is 1. The summed E-state index contributed by atoms with van der Waals surface area (Å²) in [6, 6.07) is 12.4. The van der Waals surface area contributed by atoms with Gasteiger partial charge in [-0.15, -0.1) is 0 Å². The van der Waals surface area contributed by atoms with Crippen molar-refractivity contribution < 1.29 is 0 Å². The molecular formula is C18H18N6. The van der Waals surface area contributed by atoms with Crippen LogP contribution in [0.3, 0.4) is 0 Å². The topological polar surface area (TPSA) is 71.8 Å². The molecule has 1 aliphatic rings. The number of nitrogens with zero attached hydrogens (tertiary/aromatic N) is 5. The van der Waals surface area contributed by atoms with Crippen molar-refractivity contribution >= 4 is 22.5 Å². The minimum Gasteiger partial charge on any atom is -0.369 e. The third kappa shape index (κ3) is 2.44. The fraction of sp³-hybridized carbons (Fsp3) is 0.278. The number of fused-ring (bicyclic) bond motifs is 1. The van der Waals surface area contributed by atoms with Crippen molar-refractivity contribution in [3.8, 4) is 6.07 Å². The SMILES string of the molecule is CN(c1ncnc2[nH]ccc12)C1CCN(c2ccc(C#N)cc2)C1. The molecule has 0 aliphatic carbocycles. The van der Waals surface area contributed by atoms with Crippen molar-refractivity contribution in [1.29, 1.82) is 5.26 Å². The normalized spacial score (nSPS) is 17.2. The molecule has 1 atom stereocenters. The number of nitriles is 1. The fourth-order valence-corrected chi connectivity index (χ4v) is 3.35. The number of rotatable bonds is 3. The third-order valence-corrected chi connectivity index (χ3v) is 4.74. The molecule has 0 amide bonds. The predicted molar refractivity (Wildman–Crippen MR) is 94.1 cm³/mol. The Hall–Kier alpha value is -3.07. The van der Waals surface area contributed by atoms with E-state index in [1.807, 2.05) is 36.5 Å². The van der Waals surface area contributed by atoms with Gasteiger partial charge in [0, 0.05) is 38.1 Å². The highest BCUT2D eigenvalue weighted by atomic mass is 15.3. The molecule has 1 saturated heterocycles. The van der Waals surface area contributed by atoms with Gasteiger partial charge in [0.05, 0.1) is 17.0 Å². The monoisotopic (exact) mass is 318 g/mol. The summed E-state index contributed by atoms with van der Waals surface area (Å²) in [5.74, 6) is 0.966. The molecule has 24 heavy (non-hydrogen) atoms. The number of benzene rings is 1. The summed E-state index contributed by atoms with van der Waals surface area (Å²) in [5, 5.41) is 9.97. The predicted octanol–water partition coefficient (Wildman–Crippen LogP) is 2.54. The second-order valence-corrected chi connectivity index (χ2v) is 6.10. The molecule has 1 aromatic carbocycles. The molecule has 0 radical (unpaired) electrons. The summed E-state index contributed by atoms with van der Waals surface area (Å²) < 4.78 is 0. The largest absolute Gasteiger partial charge is 0.369 e. The van der Waals surface area contributed by atoms with E-state index in [0.717, 1.165) is 36.4 Å². The minimum atomic E-state index is 0.397. The molecule has 6 heteroatoms. The van der Waals surface area contributed by atoms with E-state index in [1.165, 1.54) is 5.69 Å². The minimum absolute atomic E-state index is 0.397. The lowest BCUT2D eigenvalue weighted by Crippen LogP contribution is -2.35. The first kappa shape index (κ1) is 14.5. The van der Waals surface area contributed by atoms with Gasteiger partial charge in [-0.1, -0.05) is 0 Å². The first-order chi connectivity index (χ1) is 11.8. The number of likely N-dealkylation sites (N-methyl/N-ethyl adjacent to an activating group) is 1. The average molecular weight is 318 g/mol. The van der Waals surface area contributed by atoms with E-state index in [0.29, 0.717) is 11.6 Å². The van der Waals surface area contributed by atoms with Crippen LogP contribution in [0.2, 0.25) is 0 Å². The molecule has 1 aliphatic heterocycles. The number of hydrogen-bond acceptors (Lipinski definition) is 5. The summed E-state index contributed by atoms with van der Waals surface area (Å²) in [6.07, 6.45) is 4.58. The van der Waals surface area contributed by atoms with Crippen LogP contribution in [-0.2, 0) is 0 Å². The van der Waals surface area contributed by atoms with Gasteiger partial charge in [-0.05, 0) is 36.8 Å². The molecule has 1 unspecified atom stereocenters. The Bertz CT molecular complexity index is 892. The summed E-state index contributed by atoms with van der Waals surface area (Å²) in [4.78, 5) is 16.5. The smallest absolute Gasteiger partial charge is 0.142 e. The van der Waals surface area contributed by atoms with Gasteiger partial charge in [-0.3, -0.25) is 0 Å². The molecule has 0 spiro atoms. The number of H-pyrrole nitrogens is 1. The number of aromatic nitrogens is 3. The molecule has 3 aromatic rings. The standard InChI is InChI=1S/C18H18N6/c1-23(18-16-6-8-20-17(16)21-12-22-18)15-7-9-24(11-15)14-4-2-13(10-19)3-5-14/h2-6,8,12,15H,7,9,11H2,1H3,(H,20,21,22). The van der Waals surface area contributed by atoms with Crippen molar-refractivity contribution in [3.63, 3.8) is 0 Å². The maximum absolute atomic E-state index is 8.92. The van der Waals surface area contributed by atoms with E-state index in [1.54, 1.807) is 6.33 Å². The van der Waals surface area contributed by atoms with Gasteiger partial charge in [-0.25, -0.2) is 9.97 Å². The van der Waals surface area contributed by atoms with E-state index in [9.17, 15) is 0 Å². The van der Waals surface area contributed by atoms with Crippen LogP contribution in [0.4, 0.5) is 11.5 Å². The quantitative estimate of drug-likeness (QED) is 0.803. The maximum atomic E-state index is 8.92. The Morgan fingerprint density at radius 1 is 1.25 bits per heavy atom. The van der Waals surface area contributed by atoms with Crippen LogP contribution in [-0.4, -0.2) is 41.1 Å². The Morgan fingerprint density at radius 2 is 2.08 bits per heavy atom. The lowest BCUT2D eigenvalue weighted by molar-refractivity contribution is 0.686. The van der Waals surface area contributed by atoms with Crippen LogP contribution in [0.15, 0.2) is 42.9 Å². The fourth-order valence-electron chi connectivity index (χ4n) is 3.35. The molecule has 6 nitrogen and oxygen atoms in total. The highest BCUT2D eigenvalue weighted by Crippen LogP contribution is 2.28. The van der Waals surface area contributed by atoms with Gasteiger partial charge in [-0.2, -0.15) is 5.26 Å². The summed E-state index contributed by atoms with van der Waals surface area (Å²) in [5.41, 5.74) is 2.73. The van der Waals surface area contributed by atoms with Gasteiger partial charge in [0.25, 0.3) is 0 Å². The van der Waals surface area contributed by atoms with Gasteiger partial charge < -0.3 is 14.8 Å². The van der Waals surface area contributed by atoms with E-state index in [-0.39, 0.29) is 0 Å². The van der Waals surface area contributed by atoms with E-state index >= 15 is 0 Å². The molecule has 4 rings (SSSR count). The molecule has 0 saturated carbocycles. The molecule has 120 valence electrons. The Morgan fingerprint density at radius 3 is 2.88 bits per heavy atom. The van der Waals surface area contributed by atoms with Crippen LogP contribution in [0, 0.1) is 11.3 Å². The van der Waals surface area contributed by atoms with Crippen LogP contribution in [0.1, 0.15) is 12.0 Å². The van der Waals surface area contributed by atoms with E-state index < -0.39 is 0 Å². The molecule has 0 bridgehead atoms. The van der Waals surface area contributed by atoms with Crippen LogP contribution >= 0.6 is 0 Å². The van der Waals surface area contributed by atoms with E-state index in [4.69, 9.17) is 5.26 Å². The van der Waals surface area contributed by atoms with Crippen LogP contribution < -0.4 is 9.80 Å². The third-order valence-electron chi connectivity index (χ3n) is 4.74. The highest BCUT2D eigenvalue weighted by molar-refractivity contribution is 5.87. The van der Waals surface area contributed by atoms with Crippen molar-refractivity contribution in [3.05, 3.63) is 48.4 Å². The summed E-state index contributed by atoms with van der Waals surface area (Å²) >= 11 is 0. The molecular weight excluding hydrogens is 300 g/mol. The zero-order valence-corrected chi connectivity index (χ0v) is 13.5. The average Bonchev–Trinajstić information content (AvgIpc) is 3.30. The Labute approximate surface area is 140 Å². The van der Waals surface area contributed by atoms with Crippen molar-refractivity contribution in [1.82, 2.24) is 15.0 Å². The van der Waals surface area contributed by atoms with Crippen LogP contribution in [0.5, 0.6) is 0 Å². The molecule has 2 aromatic heterocycles. The maximum Gasteiger partial charge on any atom is 0.142 e. The first-order valence-electron chi connectivity index (χ1n) is 8.02. The molecule has 1 fully saturated rings. The number of anilines is 2. The first-order valence-corrected chi connectivity index (χ1v) is 8.02. The molecule has 3 heterocycles. The molecule has 1 N–H and O–H groups in total. The zero-order chi connectivity index (χ0) is 16.5. The van der Waals surface area contributed by atoms with Gasteiger partial charge >= 0.3 is 0 Å². The zero-order valence-electron chi connectivity index (χ0n) is 13.5. The van der Waals surface area contributed by atoms with Gasteiger partial charge in [0.1, 0.15) is 17.8 Å². The van der Waals surface area contributed by atoms with Crippen molar-refractivity contribution in [2.24, 2.45) is 0 Å². The number of nitrogens with one attached hydrogen (secondary N) is 1. The summed E-state index contributed by atoms with van der Waals surface area (Å²) in [7, 11) is 2.10. The van der Waals surface area contributed by atoms with E-state index in [2.05, 4.69) is 37.9 Å². The van der Waals surface area contributed by atoms with Crippen molar-refractivity contribution in [2.45, 2.75) is 12.5 Å². The lowest BCUT2D eigenvalue weighted by Gasteiger charge is -2.26. The lowest BCUT2D eigenvalue weighted by atomic mass is 10.2. The second-order valence-electron chi connectivity index (χ2n) is 6.10. The van der Waals surface area contributed by atoms with Gasteiger partial charge in [0.15, 0.2) is 0 Å².